The lowest BCUT2D eigenvalue weighted by Gasteiger charge is -2.12. The van der Waals surface area contributed by atoms with Crippen LogP contribution in [0, 0.1) is 0 Å². The van der Waals surface area contributed by atoms with Gasteiger partial charge in [0.1, 0.15) is 0 Å². The molecule has 28 rings (SSSR count). The molecular weight excluding hydrogens is 1810 g/mol. The van der Waals surface area contributed by atoms with E-state index in [-0.39, 0.29) is 0 Å². The van der Waals surface area contributed by atoms with Gasteiger partial charge in [0.05, 0.1) is 27.6 Å². The normalized spacial score (nSPS) is 11.1. The highest BCUT2D eigenvalue weighted by molar-refractivity contribution is 6.30. The highest BCUT2D eigenvalue weighted by Crippen LogP contribution is 2.55. The van der Waals surface area contributed by atoms with Gasteiger partial charge in [0.2, 0.25) is 0 Å². The first kappa shape index (κ1) is 118. The molecule has 5 heteroatoms. The molecule has 0 radical (unpaired) electrons. The molecule has 5 aromatic heterocycles. The van der Waals surface area contributed by atoms with E-state index in [1.54, 1.807) is 0 Å². The van der Waals surface area contributed by atoms with Crippen molar-refractivity contribution in [2.45, 2.75) is 293 Å². The zero-order chi connectivity index (χ0) is 109. The molecule has 0 unspecified atom stereocenters. The number of nitrogens with zero attached hydrogens (tertiary/aromatic N) is 5. The lowest BCUT2D eigenvalue weighted by molar-refractivity contribution is 0.823. The maximum atomic E-state index is 2.52. The van der Waals surface area contributed by atoms with E-state index in [2.05, 4.69) is 397 Å². The molecule has 0 atom stereocenters. The molecule has 5 nitrogen and oxygen atoms in total. The Labute approximate surface area is 901 Å². The van der Waals surface area contributed by atoms with Crippen molar-refractivity contribution in [1.29, 1.82) is 0 Å². The van der Waals surface area contributed by atoms with E-state index < -0.39 is 0 Å². The molecule has 0 saturated heterocycles. The summed E-state index contributed by atoms with van der Waals surface area (Å²) in [5.74, 6) is 0. The van der Waals surface area contributed by atoms with E-state index in [4.69, 9.17) is 0 Å². The van der Waals surface area contributed by atoms with Crippen molar-refractivity contribution in [3.63, 3.8) is 0 Å². The molecule has 18 aromatic carbocycles. The monoisotopic (exact) mass is 1990 g/mol. The van der Waals surface area contributed by atoms with Crippen LogP contribution in [0.1, 0.15) is 284 Å². The Kier molecular flexibility index (Phi) is 45.1. The third-order valence-electron chi connectivity index (χ3n) is 28.0. The van der Waals surface area contributed by atoms with Crippen LogP contribution in [0.15, 0.2) is 334 Å². The molecule has 150 heavy (non-hydrogen) atoms. The summed E-state index contributed by atoms with van der Waals surface area (Å²) in [6, 6.07) is 120. The van der Waals surface area contributed by atoms with Crippen molar-refractivity contribution in [2.75, 3.05) is 0 Å². The summed E-state index contributed by atoms with van der Waals surface area (Å²) < 4.78 is 12.5. The second-order valence-electron chi connectivity index (χ2n) is 33.8. The molecule has 5 heterocycles. The molecule has 0 saturated carbocycles. The highest BCUT2D eigenvalue weighted by Gasteiger charge is 2.33. The SMILES string of the molecule is CC.CC.CC.CC.CC.CC.CC.CC.CC.CC.CC.CC.CC.CC.CCn1c2ccccc2c2c3c(c4ccccc4c21)-c1ccccc1C3.CCn1c2ccccc2c2c3c(c4ccccc4c21)Cc1ccccc1-3.CCn1c2ccccc2c2c3ccccc3c3c(c21)-c1ccccc1C3.CCn1c2ccccc2c2c3ccccc3c3c(c21)Cc1ccccc1-3.CCn1c2ccccc2c2ccc3c(c21)CC=C3. The largest absolute Gasteiger partial charge is 0.341 e. The predicted molar refractivity (Wildman–Crippen MR) is 680 cm³/mol. The summed E-state index contributed by atoms with van der Waals surface area (Å²) >= 11 is 0. The van der Waals surface area contributed by atoms with E-state index in [1.165, 1.54) is 252 Å². The number of para-hydroxylation sites is 5. The van der Waals surface area contributed by atoms with E-state index >= 15 is 0 Å². The minimum atomic E-state index is 0.981. The fourth-order valence-electron chi connectivity index (χ4n) is 23.2. The van der Waals surface area contributed by atoms with Gasteiger partial charge in [0.25, 0.3) is 0 Å². The predicted octanol–water partition coefficient (Wildman–Crippen LogP) is 44.9. The first-order valence-electron chi connectivity index (χ1n) is 58.2. The van der Waals surface area contributed by atoms with Crippen molar-refractivity contribution >= 4 is 158 Å². The Morgan fingerprint density at radius 3 is 0.833 bits per heavy atom. The standard InChI is InChI=1S/4C25H19N.C17H15N.14C2H6/c1-2-26-22-14-8-7-13-20(22)24-21-15-16-9-3-4-10-17(16)23(21)18-11-5-6-12-19(18)25(24)26;1-2-26-22-14-8-7-13-20(22)24-19-12-6-5-11-18(19)23-17-10-4-3-9-16(17)15-21(23)25(24)26;1-2-26-22-14-8-7-13-20(22)24-23-17-10-4-3-9-16(17)15-21(23)18-11-5-6-12-19(18)25(24)26;1-2-26-22-14-8-7-13-20(22)24-19-12-6-5-11-18(19)21-15-16-9-3-4-10-17(16)23(21)25(24)26;1-2-18-16-9-4-3-7-14(16)15-11-10-12-6-5-8-13(12)17(15)18;14*1-2/h4*3-14H,2,15H2,1H3;3-7,9-11H,2,8H2,1H3;14*1-2H3. The van der Waals surface area contributed by atoms with Gasteiger partial charge in [-0.3, -0.25) is 0 Å². The van der Waals surface area contributed by atoms with Crippen LogP contribution >= 0.6 is 0 Å². The Balaban J connectivity index is 0.000000181. The summed E-state index contributed by atoms with van der Waals surface area (Å²) in [6.45, 7) is 72.2. The van der Waals surface area contributed by atoms with E-state index in [0.29, 0.717) is 0 Å². The number of aromatic nitrogens is 5. The Morgan fingerprint density at radius 1 is 0.167 bits per heavy atom. The van der Waals surface area contributed by atoms with Gasteiger partial charge in [-0.05, 0) is 218 Å². The maximum Gasteiger partial charge on any atom is 0.0580 e. The number of hydrogen-bond donors (Lipinski definition) is 0. The molecule has 5 aliphatic rings. The third kappa shape index (κ3) is 21.2. The topological polar surface area (TPSA) is 24.6 Å². The average Bonchev–Trinajstić information content (AvgIpc) is 1.55. The third-order valence-corrected chi connectivity index (χ3v) is 28.0. The van der Waals surface area contributed by atoms with Crippen molar-refractivity contribution in [3.05, 3.63) is 389 Å². The first-order valence-corrected chi connectivity index (χ1v) is 58.2. The lowest BCUT2D eigenvalue weighted by Crippen LogP contribution is -1.97. The van der Waals surface area contributed by atoms with Gasteiger partial charge in [0.15, 0.2) is 0 Å². The molecule has 23 aromatic rings. The molecule has 0 bridgehead atoms. The summed E-state index contributed by atoms with van der Waals surface area (Å²) in [4.78, 5) is 0. The summed E-state index contributed by atoms with van der Waals surface area (Å²) in [7, 11) is 0. The highest BCUT2D eigenvalue weighted by atomic mass is 15.0. The van der Waals surface area contributed by atoms with Crippen molar-refractivity contribution in [3.8, 4) is 44.5 Å². The second-order valence-corrected chi connectivity index (χ2v) is 33.8. The molecule has 5 aliphatic carbocycles. The lowest BCUT2D eigenvalue weighted by atomic mass is 9.93. The number of benzene rings is 18. The molecule has 0 aliphatic heterocycles. The van der Waals surface area contributed by atoms with E-state index in [9.17, 15) is 0 Å². The van der Waals surface area contributed by atoms with Gasteiger partial charge in [-0.15, -0.1) is 0 Å². The zero-order valence-electron chi connectivity index (χ0n) is 97.6. The molecule has 0 spiro atoms. The quantitative estimate of drug-likeness (QED) is 0.164. The maximum absolute atomic E-state index is 2.52. The number of fused-ring (bicyclic) bond motifs is 45. The van der Waals surface area contributed by atoms with Crippen LogP contribution in [0.5, 0.6) is 0 Å². The fraction of sp³-hybridized carbons (Fsp3) is 0.297. The van der Waals surface area contributed by atoms with Crippen LogP contribution in [0.4, 0.5) is 0 Å². The second kappa shape index (κ2) is 57.5. The van der Waals surface area contributed by atoms with E-state index in [0.717, 1.165) is 64.8 Å². The summed E-state index contributed by atoms with van der Waals surface area (Å²) in [5, 5.41) is 25.1. The van der Waals surface area contributed by atoms with Gasteiger partial charge in [-0.25, -0.2) is 0 Å². The van der Waals surface area contributed by atoms with Crippen LogP contribution in [-0.4, -0.2) is 22.8 Å². The molecule has 0 amide bonds. The van der Waals surface area contributed by atoms with Gasteiger partial charge < -0.3 is 22.8 Å². The zero-order valence-corrected chi connectivity index (χ0v) is 97.6. The number of rotatable bonds is 5. The van der Waals surface area contributed by atoms with Crippen LogP contribution in [0.3, 0.4) is 0 Å². The molecular formula is C145H175N5. The Bertz CT molecular complexity index is 8390. The molecule has 780 valence electrons. The fourth-order valence-corrected chi connectivity index (χ4v) is 23.2. The minimum absolute atomic E-state index is 0.981. The first-order chi connectivity index (χ1) is 74.4. The van der Waals surface area contributed by atoms with Crippen LogP contribution < -0.4 is 0 Å². The Hall–Kier alpha value is -14.3. The van der Waals surface area contributed by atoms with Crippen LogP contribution in [0.25, 0.3) is 203 Å². The van der Waals surface area contributed by atoms with Crippen molar-refractivity contribution < 1.29 is 0 Å². The molecule has 0 N–H and O–H groups in total. The van der Waals surface area contributed by atoms with Crippen molar-refractivity contribution in [2.24, 2.45) is 0 Å². The smallest absolute Gasteiger partial charge is 0.0580 e. The van der Waals surface area contributed by atoms with Gasteiger partial charge >= 0.3 is 0 Å². The minimum Gasteiger partial charge on any atom is -0.341 e. The van der Waals surface area contributed by atoms with E-state index in [1.807, 2.05) is 194 Å². The van der Waals surface area contributed by atoms with Crippen LogP contribution in [-0.2, 0) is 64.8 Å². The number of aryl methyl sites for hydroxylation is 5. The van der Waals surface area contributed by atoms with Gasteiger partial charge in [-0.2, -0.15) is 0 Å². The van der Waals surface area contributed by atoms with Gasteiger partial charge in [-0.1, -0.05) is 503 Å². The number of hydrogen-bond acceptors (Lipinski definition) is 0. The summed E-state index contributed by atoms with van der Waals surface area (Å²) in [6.07, 6.45) is 9.71. The van der Waals surface area contributed by atoms with Crippen LogP contribution in [0.2, 0.25) is 0 Å². The van der Waals surface area contributed by atoms with Gasteiger partial charge in [0, 0.05) is 137 Å². The Morgan fingerprint density at radius 2 is 0.413 bits per heavy atom. The molecule has 0 fully saturated rings. The van der Waals surface area contributed by atoms with Crippen molar-refractivity contribution in [1.82, 2.24) is 22.8 Å². The summed E-state index contributed by atoms with van der Waals surface area (Å²) in [5.41, 5.74) is 39.9. The average molecular weight is 1990 g/mol. The number of allylic oxidation sites excluding steroid dienone is 1.